The number of esters is 1. The topological polar surface area (TPSA) is 177 Å². The Morgan fingerprint density at radius 1 is 1.03 bits per heavy atom. The first-order chi connectivity index (χ1) is 15.4. The molecular formula is C19H21N5O8. The van der Waals surface area contributed by atoms with Crippen LogP contribution in [0.5, 0.6) is 0 Å². The van der Waals surface area contributed by atoms with E-state index in [1.807, 2.05) is 0 Å². The van der Waals surface area contributed by atoms with Crippen LogP contribution in [0.3, 0.4) is 0 Å². The molecule has 1 saturated heterocycles. The Hall–Kier alpha value is -4.12. The summed E-state index contributed by atoms with van der Waals surface area (Å²) in [4.78, 5) is 64.6. The summed E-state index contributed by atoms with van der Waals surface area (Å²) in [5.74, 6) is -2.17. The molecule has 0 aromatic heterocycles. The molecule has 0 unspecified atom stereocenters. The third-order valence-corrected chi connectivity index (χ3v) is 4.20. The summed E-state index contributed by atoms with van der Waals surface area (Å²) in [5.41, 5.74) is 9.20. The second-order valence-electron chi connectivity index (χ2n) is 6.50. The van der Waals surface area contributed by atoms with Crippen molar-refractivity contribution in [3.8, 4) is 0 Å². The first-order valence-electron chi connectivity index (χ1n) is 9.70. The van der Waals surface area contributed by atoms with Crippen LogP contribution in [0.25, 0.3) is 10.4 Å². The van der Waals surface area contributed by atoms with Crippen molar-refractivity contribution >= 4 is 35.5 Å². The number of hydrogen-bond acceptors (Lipinski definition) is 9. The molecule has 1 aliphatic rings. The molecule has 13 nitrogen and oxygen atoms in total. The van der Waals surface area contributed by atoms with Crippen molar-refractivity contribution in [2.45, 2.75) is 38.5 Å². The van der Waals surface area contributed by atoms with Gasteiger partial charge >= 0.3 is 12.1 Å². The van der Waals surface area contributed by atoms with Gasteiger partial charge in [0.05, 0.1) is 0 Å². The fourth-order valence-corrected chi connectivity index (χ4v) is 2.58. The number of hydroxylamine groups is 2. The molecule has 32 heavy (non-hydrogen) atoms. The fourth-order valence-electron chi connectivity index (χ4n) is 2.58. The van der Waals surface area contributed by atoms with Crippen molar-refractivity contribution in [3.05, 3.63) is 40.3 Å². The number of ether oxygens (including phenoxy) is 2. The molecule has 0 atom stereocenters. The van der Waals surface area contributed by atoms with Gasteiger partial charge < -0.3 is 14.8 Å². The van der Waals surface area contributed by atoms with Crippen LogP contribution in [0.1, 0.15) is 48.9 Å². The quantitative estimate of drug-likeness (QED) is 0.102. The zero-order chi connectivity index (χ0) is 23.3. The third kappa shape index (κ3) is 7.95. The molecule has 0 radical (unpaired) electrons. The van der Waals surface area contributed by atoms with Gasteiger partial charge in [-0.25, -0.2) is 4.79 Å². The summed E-state index contributed by atoms with van der Waals surface area (Å²) >= 11 is 0. The Morgan fingerprint density at radius 3 is 2.38 bits per heavy atom. The van der Waals surface area contributed by atoms with Gasteiger partial charge in [-0.05, 0) is 30.5 Å². The summed E-state index contributed by atoms with van der Waals surface area (Å²) < 4.78 is 9.19. The Bertz CT molecular complexity index is 895. The van der Waals surface area contributed by atoms with Gasteiger partial charge in [-0.15, -0.1) is 0 Å². The molecule has 13 heteroatoms. The number of nitrogens with one attached hydrogen (secondary N) is 1. The molecule has 1 fully saturated rings. The maximum Gasteiger partial charge on any atom is 0.536 e. The number of carbonyl (C=O) groups excluding carboxylic acids is 5. The van der Waals surface area contributed by atoms with E-state index in [-0.39, 0.29) is 25.2 Å². The Labute approximate surface area is 182 Å². The van der Waals surface area contributed by atoms with E-state index in [2.05, 4.69) is 24.9 Å². The van der Waals surface area contributed by atoms with Crippen molar-refractivity contribution in [3.63, 3.8) is 0 Å². The number of nitrogens with zero attached hydrogens (tertiary/aromatic N) is 4. The van der Waals surface area contributed by atoms with Gasteiger partial charge in [-0.2, -0.15) is 0 Å². The SMILES string of the molecule is [N-]=[N+]=Nc1ccc(C(=O)NCCCCCC(=O)OCOC(=O)ON2C(=O)CCC2=O)cc1. The highest BCUT2D eigenvalue weighted by atomic mass is 16.9. The van der Waals surface area contributed by atoms with Crippen molar-refractivity contribution in [2.75, 3.05) is 13.3 Å². The number of benzene rings is 1. The van der Waals surface area contributed by atoms with Crippen LogP contribution in [0, 0.1) is 0 Å². The first kappa shape index (κ1) is 24.2. The molecule has 1 heterocycles. The number of azide groups is 1. The lowest BCUT2D eigenvalue weighted by Crippen LogP contribution is -2.32. The van der Waals surface area contributed by atoms with E-state index in [0.717, 1.165) is 0 Å². The average Bonchev–Trinajstić information content (AvgIpc) is 3.08. The third-order valence-electron chi connectivity index (χ3n) is 4.20. The van der Waals surface area contributed by atoms with Crippen LogP contribution in [0.2, 0.25) is 0 Å². The van der Waals surface area contributed by atoms with Gasteiger partial charge in [0, 0.05) is 42.0 Å². The van der Waals surface area contributed by atoms with Crippen molar-refractivity contribution in [2.24, 2.45) is 5.11 Å². The van der Waals surface area contributed by atoms with Crippen LogP contribution in [0.15, 0.2) is 29.4 Å². The normalized spacial score (nSPS) is 12.7. The highest BCUT2D eigenvalue weighted by molar-refractivity contribution is 6.01. The smallest absolute Gasteiger partial charge is 0.428 e. The van der Waals surface area contributed by atoms with Gasteiger partial charge in [0.1, 0.15) is 0 Å². The first-order valence-corrected chi connectivity index (χ1v) is 9.70. The molecule has 0 spiro atoms. The number of unbranched alkanes of at least 4 members (excludes halogenated alkanes) is 2. The lowest BCUT2D eigenvalue weighted by molar-refractivity contribution is -0.182. The number of carbonyl (C=O) groups is 5. The summed E-state index contributed by atoms with van der Waals surface area (Å²) in [6.45, 7) is -0.294. The van der Waals surface area contributed by atoms with E-state index >= 15 is 0 Å². The molecular weight excluding hydrogens is 426 g/mol. The zero-order valence-electron chi connectivity index (χ0n) is 17.0. The van der Waals surface area contributed by atoms with Crippen LogP contribution in [0.4, 0.5) is 10.5 Å². The molecule has 3 amide bonds. The highest BCUT2D eigenvalue weighted by Crippen LogP contribution is 2.13. The lowest BCUT2D eigenvalue weighted by Gasteiger charge is -2.12. The van der Waals surface area contributed by atoms with Crippen LogP contribution in [-0.4, -0.2) is 48.2 Å². The molecule has 2 rings (SSSR count). The number of imide groups is 1. The van der Waals surface area contributed by atoms with Crippen LogP contribution >= 0.6 is 0 Å². The van der Waals surface area contributed by atoms with E-state index in [4.69, 9.17) is 10.3 Å². The van der Waals surface area contributed by atoms with Gasteiger partial charge in [0.2, 0.25) is 6.79 Å². The van der Waals surface area contributed by atoms with Crippen LogP contribution < -0.4 is 5.32 Å². The summed E-state index contributed by atoms with van der Waals surface area (Å²) in [7, 11) is 0. The minimum Gasteiger partial charge on any atom is -0.428 e. The second-order valence-corrected chi connectivity index (χ2v) is 6.50. The minimum absolute atomic E-state index is 0.0449. The maximum atomic E-state index is 12.0. The Balaban J connectivity index is 1.50. The van der Waals surface area contributed by atoms with E-state index in [1.54, 1.807) is 12.1 Å². The zero-order valence-corrected chi connectivity index (χ0v) is 17.0. The molecule has 1 aromatic rings. The van der Waals surface area contributed by atoms with Gasteiger partial charge in [0.25, 0.3) is 17.7 Å². The predicted molar refractivity (Wildman–Crippen MR) is 106 cm³/mol. The van der Waals surface area contributed by atoms with Gasteiger partial charge in [0.15, 0.2) is 0 Å². The number of hydrogen-bond donors (Lipinski definition) is 1. The van der Waals surface area contributed by atoms with Gasteiger partial charge in [-0.3, -0.25) is 24.0 Å². The van der Waals surface area contributed by atoms with Crippen LogP contribution in [-0.2, 0) is 28.7 Å². The Kier molecular flexibility index (Phi) is 9.47. The molecule has 0 bridgehead atoms. The van der Waals surface area contributed by atoms with Crippen molar-refractivity contribution < 1.29 is 38.3 Å². The average molecular weight is 447 g/mol. The van der Waals surface area contributed by atoms with Crippen molar-refractivity contribution in [1.82, 2.24) is 10.4 Å². The minimum atomic E-state index is -1.33. The second kappa shape index (κ2) is 12.5. The van der Waals surface area contributed by atoms with E-state index < -0.39 is 30.7 Å². The summed E-state index contributed by atoms with van der Waals surface area (Å²) in [5, 5.41) is 6.48. The molecule has 1 aromatic carbocycles. The monoisotopic (exact) mass is 447 g/mol. The standard InChI is InChI=1S/C19H21N5O8/c20-23-22-14-7-5-13(6-8-14)18(28)21-11-3-1-2-4-17(27)30-12-31-19(29)32-24-15(25)9-10-16(24)26/h5-8H,1-4,9-12H2,(H,21,28). The molecule has 0 saturated carbocycles. The largest absolute Gasteiger partial charge is 0.536 e. The molecule has 1 aliphatic heterocycles. The molecule has 170 valence electrons. The highest BCUT2D eigenvalue weighted by Gasteiger charge is 2.33. The molecule has 0 aliphatic carbocycles. The fraction of sp³-hybridized carbons (Fsp3) is 0.421. The lowest BCUT2D eigenvalue weighted by atomic mass is 10.1. The number of amides is 3. The number of rotatable bonds is 11. The predicted octanol–water partition coefficient (Wildman–Crippen LogP) is 2.64. The van der Waals surface area contributed by atoms with E-state index in [0.29, 0.717) is 42.1 Å². The maximum absolute atomic E-state index is 12.0. The Morgan fingerprint density at radius 2 is 1.72 bits per heavy atom. The van der Waals surface area contributed by atoms with Crippen molar-refractivity contribution in [1.29, 1.82) is 0 Å². The summed E-state index contributed by atoms with van der Waals surface area (Å²) in [6.07, 6.45) is 0.439. The van der Waals surface area contributed by atoms with Gasteiger partial charge in [-0.1, -0.05) is 28.7 Å². The molecule has 1 N–H and O–H groups in total. The van der Waals surface area contributed by atoms with E-state index in [1.165, 1.54) is 12.1 Å². The summed E-state index contributed by atoms with van der Waals surface area (Å²) in [6, 6.07) is 6.17. The van der Waals surface area contributed by atoms with E-state index in [9.17, 15) is 24.0 Å².